The Morgan fingerprint density at radius 3 is 2.36 bits per heavy atom. The minimum absolute atomic E-state index is 0.210. The topological polar surface area (TPSA) is 79.4 Å². The average Bonchev–Trinajstić information content (AvgIpc) is 2.66. The van der Waals surface area contributed by atoms with Crippen molar-refractivity contribution in [3.8, 4) is 0 Å². The van der Waals surface area contributed by atoms with Crippen LogP contribution in [-0.2, 0) is 16.6 Å². The lowest BCUT2D eigenvalue weighted by molar-refractivity contribution is 0.0950. The van der Waals surface area contributed by atoms with Gasteiger partial charge in [-0.2, -0.15) is 0 Å². The predicted molar refractivity (Wildman–Crippen MR) is 110 cm³/mol. The van der Waals surface area contributed by atoms with E-state index < -0.39 is 10.0 Å². The molecule has 1 heterocycles. The molecule has 0 unspecified atom stereocenters. The van der Waals surface area contributed by atoms with Gasteiger partial charge in [-0.3, -0.25) is 9.78 Å². The van der Waals surface area contributed by atoms with Gasteiger partial charge in [0.2, 0.25) is 10.0 Å². The molecule has 3 rings (SSSR count). The van der Waals surface area contributed by atoms with Crippen molar-refractivity contribution in [2.24, 2.45) is 0 Å². The molecule has 3 aromatic rings. The molecule has 0 saturated carbocycles. The number of carbonyl (C=O) groups excluding carboxylic acids is 1. The molecule has 0 aliphatic carbocycles. The van der Waals surface area contributed by atoms with Gasteiger partial charge < -0.3 is 5.32 Å². The molecule has 2 aromatic carbocycles. The van der Waals surface area contributed by atoms with E-state index in [0.717, 1.165) is 22.0 Å². The Morgan fingerprint density at radius 2 is 1.71 bits per heavy atom. The summed E-state index contributed by atoms with van der Waals surface area (Å²) in [4.78, 5) is 17.4. The summed E-state index contributed by atoms with van der Waals surface area (Å²) in [6.45, 7) is 4.11. The second kappa shape index (κ2) is 7.69. The van der Waals surface area contributed by atoms with E-state index >= 15 is 0 Å². The number of amides is 1. The van der Waals surface area contributed by atoms with Crippen molar-refractivity contribution in [3.63, 3.8) is 0 Å². The second-order valence-corrected chi connectivity index (χ2v) is 9.08. The van der Waals surface area contributed by atoms with Crippen LogP contribution in [0.5, 0.6) is 0 Å². The third-order valence-corrected chi connectivity index (χ3v) is 6.39. The molecule has 7 heteroatoms. The molecule has 1 amide bonds. The maximum Gasteiger partial charge on any atom is 0.253 e. The van der Waals surface area contributed by atoms with E-state index in [0.29, 0.717) is 17.8 Å². The summed E-state index contributed by atoms with van der Waals surface area (Å²) in [7, 11) is -0.478. The zero-order valence-electron chi connectivity index (χ0n) is 16.4. The molecular formula is C21H23N3O3S. The molecule has 0 radical (unpaired) electrons. The number of sulfonamides is 1. The number of hydrogen-bond acceptors (Lipinski definition) is 4. The normalized spacial score (nSPS) is 11.8. The minimum Gasteiger partial charge on any atom is -0.348 e. The summed E-state index contributed by atoms with van der Waals surface area (Å²) in [5, 5.41) is 3.80. The third kappa shape index (κ3) is 4.05. The van der Waals surface area contributed by atoms with Crippen LogP contribution in [0.2, 0.25) is 0 Å². The number of carbonyl (C=O) groups is 1. The molecular weight excluding hydrogens is 374 g/mol. The highest BCUT2D eigenvalue weighted by molar-refractivity contribution is 7.89. The van der Waals surface area contributed by atoms with E-state index in [1.165, 1.54) is 18.4 Å². The number of hydrogen-bond donors (Lipinski definition) is 1. The van der Waals surface area contributed by atoms with Gasteiger partial charge >= 0.3 is 0 Å². The van der Waals surface area contributed by atoms with E-state index in [1.807, 2.05) is 38.1 Å². The molecule has 0 aliphatic heterocycles. The summed E-state index contributed by atoms with van der Waals surface area (Å²) >= 11 is 0. The third-order valence-electron chi connectivity index (χ3n) is 4.56. The van der Waals surface area contributed by atoms with E-state index in [2.05, 4.69) is 10.3 Å². The Bertz CT molecular complexity index is 1140. The van der Waals surface area contributed by atoms with Crippen molar-refractivity contribution < 1.29 is 13.2 Å². The molecule has 146 valence electrons. The van der Waals surface area contributed by atoms with E-state index in [4.69, 9.17) is 0 Å². The second-order valence-electron chi connectivity index (χ2n) is 6.93. The Hall–Kier alpha value is -2.77. The molecule has 1 aromatic heterocycles. The lowest BCUT2D eigenvalue weighted by Crippen LogP contribution is -2.24. The standard InChI is InChI=1S/C21H23N3O3S/c1-14-5-10-20-17(11-14)12-19(15(2)23-20)21(25)22-13-16-6-8-18(9-7-16)28(26,27)24(3)4/h5-12H,13H2,1-4H3,(H,22,25). The lowest BCUT2D eigenvalue weighted by atomic mass is 10.1. The summed E-state index contributed by atoms with van der Waals surface area (Å²) in [5.41, 5.74) is 3.98. The number of aryl methyl sites for hydroxylation is 2. The first-order chi connectivity index (χ1) is 13.2. The fraction of sp³-hybridized carbons (Fsp3) is 0.238. The Balaban J connectivity index is 1.75. The van der Waals surface area contributed by atoms with Crippen LogP contribution in [0.15, 0.2) is 53.4 Å². The quantitative estimate of drug-likeness (QED) is 0.718. The number of nitrogens with one attached hydrogen (secondary N) is 1. The summed E-state index contributed by atoms with van der Waals surface area (Å²) in [6.07, 6.45) is 0. The van der Waals surface area contributed by atoms with Gasteiger partial charge in [0.05, 0.1) is 21.7 Å². The van der Waals surface area contributed by atoms with Gasteiger partial charge in [-0.15, -0.1) is 0 Å². The van der Waals surface area contributed by atoms with Crippen LogP contribution in [0.3, 0.4) is 0 Å². The highest BCUT2D eigenvalue weighted by atomic mass is 32.2. The highest BCUT2D eigenvalue weighted by Crippen LogP contribution is 2.18. The maximum atomic E-state index is 12.6. The van der Waals surface area contributed by atoms with Gasteiger partial charge in [-0.05, 0) is 49.7 Å². The summed E-state index contributed by atoms with van der Waals surface area (Å²) in [6, 6.07) is 14.3. The summed E-state index contributed by atoms with van der Waals surface area (Å²) in [5.74, 6) is -0.210. The van der Waals surface area contributed by atoms with Gasteiger partial charge in [0, 0.05) is 26.0 Å². The molecule has 0 aliphatic rings. The largest absolute Gasteiger partial charge is 0.348 e. The smallest absolute Gasteiger partial charge is 0.253 e. The monoisotopic (exact) mass is 397 g/mol. The van der Waals surface area contributed by atoms with Crippen LogP contribution in [0.25, 0.3) is 10.9 Å². The van der Waals surface area contributed by atoms with Gasteiger partial charge in [0.1, 0.15) is 0 Å². The Kier molecular flexibility index (Phi) is 5.49. The van der Waals surface area contributed by atoms with Crippen molar-refractivity contribution in [1.82, 2.24) is 14.6 Å². The van der Waals surface area contributed by atoms with Gasteiger partial charge in [0.25, 0.3) is 5.91 Å². The number of aromatic nitrogens is 1. The maximum absolute atomic E-state index is 12.6. The fourth-order valence-corrected chi connectivity index (χ4v) is 3.79. The van der Waals surface area contributed by atoms with Crippen LogP contribution in [0.1, 0.15) is 27.2 Å². The van der Waals surface area contributed by atoms with Crippen LogP contribution in [0, 0.1) is 13.8 Å². The van der Waals surface area contributed by atoms with E-state index in [9.17, 15) is 13.2 Å². The lowest BCUT2D eigenvalue weighted by Gasteiger charge is -2.12. The Morgan fingerprint density at radius 1 is 1.04 bits per heavy atom. The zero-order valence-corrected chi connectivity index (χ0v) is 17.2. The number of pyridine rings is 1. The first kappa shape index (κ1) is 20.0. The van der Waals surface area contributed by atoms with E-state index in [1.54, 1.807) is 24.3 Å². The molecule has 28 heavy (non-hydrogen) atoms. The highest BCUT2D eigenvalue weighted by Gasteiger charge is 2.17. The van der Waals surface area contributed by atoms with Crippen molar-refractivity contribution in [1.29, 1.82) is 0 Å². The predicted octanol–water partition coefficient (Wildman–Crippen LogP) is 3.03. The number of rotatable bonds is 5. The average molecular weight is 398 g/mol. The summed E-state index contributed by atoms with van der Waals surface area (Å²) < 4.78 is 25.4. The van der Waals surface area contributed by atoms with Crippen LogP contribution in [0.4, 0.5) is 0 Å². The fourth-order valence-electron chi connectivity index (χ4n) is 2.89. The molecule has 0 atom stereocenters. The van der Waals surface area contributed by atoms with E-state index in [-0.39, 0.29) is 10.8 Å². The van der Waals surface area contributed by atoms with Gasteiger partial charge in [-0.25, -0.2) is 12.7 Å². The molecule has 0 spiro atoms. The van der Waals surface area contributed by atoms with Crippen molar-refractivity contribution in [2.45, 2.75) is 25.3 Å². The van der Waals surface area contributed by atoms with Crippen LogP contribution in [-0.4, -0.2) is 37.7 Å². The first-order valence-electron chi connectivity index (χ1n) is 8.86. The van der Waals surface area contributed by atoms with Gasteiger partial charge in [-0.1, -0.05) is 23.8 Å². The molecule has 0 fully saturated rings. The van der Waals surface area contributed by atoms with Crippen molar-refractivity contribution in [3.05, 3.63) is 70.9 Å². The molecule has 1 N–H and O–H groups in total. The number of nitrogens with zero attached hydrogens (tertiary/aromatic N) is 2. The zero-order chi connectivity index (χ0) is 20.5. The molecule has 0 saturated heterocycles. The minimum atomic E-state index is -3.46. The number of benzene rings is 2. The van der Waals surface area contributed by atoms with Crippen molar-refractivity contribution >= 4 is 26.8 Å². The first-order valence-corrected chi connectivity index (χ1v) is 10.3. The number of fused-ring (bicyclic) bond motifs is 1. The Labute approximate surface area is 165 Å². The SMILES string of the molecule is Cc1ccc2nc(C)c(C(=O)NCc3ccc(S(=O)(=O)N(C)C)cc3)cc2c1. The van der Waals surface area contributed by atoms with Gasteiger partial charge in [0.15, 0.2) is 0 Å². The van der Waals surface area contributed by atoms with Crippen LogP contribution < -0.4 is 5.32 Å². The van der Waals surface area contributed by atoms with Crippen LogP contribution >= 0.6 is 0 Å². The molecule has 6 nitrogen and oxygen atoms in total. The molecule has 0 bridgehead atoms. The van der Waals surface area contributed by atoms with Crippen molar-refractivity contribution in [2.75, 3.05) is 14.1 Å².